The Labute approximate surface area is 111 Å². The van der Waals surface area contributed by atoms with Gasteiger partial charge in [0.05, 0.1) is 0 Å². The maximum atomic E-state index is 10.6. The van der Waals surface area contributed by atoms with E-state index in [4.69, 9.17) is 4.74 Å². The third-order valence-corrected chi connectivity index (χ3v) is 3.32. The molecule has 0 amide bonds. The van der Waals surface area contributed by atoms with Crippen LogP contribution in [0.5, 0.6) is 5.75 Å². The van der Waals surface area contributed by atoms with E-state index >= 15 is 0 Å². The van der Waals surface area contributed by atoms with E-state index in [0.29, 0.717) is 12.2 Å². The molecule has 0 fully saturated rings. The van der Waals surface area contributed by atoms with Gasteiger partial charge in [-0.15, -0.1) is 10.2 Å². The van der Waals surface area contributed by atoms with Gasteiger partial charge in [0.15, 0.2) is 5.82 Å². The third kappa shape index (κ3) is 2.50. The summed E-state index contributed by atoms with van der Waals surface area (Å²) in [6.45, 7) is 1.39. The van der Waals surface area contributed by atoms with Gasteiger partial charge in [-0.25, -0.2) is 0 Å². The minimum atomic E-state index is 0.410. The molecule has 0 spiro atoms. The first-order valence-electron chi connectivity index (χ1n) is 6.46. The highest BCUT2D eigenvalue weighted by Gasteiger charge is 2.15. The van der Waals surface area contributed by atoms with E-state index in [1.807, 2.05) is 0 Å². The Morgan fingerprint density at radius 2 is 2.05 bits per heavy atom. The van der Waals surface area contributed by atoms with Crippen molar-refractivity contribution in [1.82, 2.24) is 14.8 Å². The van der Waals surface area contributed by atoms with Gasteiger partial charge in [-0.3, -0.25) is 4.79 Å². The van der Waals surface area contributed by atoms with Crippen LogP contribution in [0.3, 0.4) is 0 Å². The lowest BCUT2D eigenvalue weighted by molar-refractivity contribution is 0.112. The number of carbonyl (C=O) groups is 1. The van der Waals surface area contributed by atoms with Crippen molar-refractivity contribution < 1.29 is 9.53 Å². The topological polar surface area (TPSA) is 57.0 Å². The zero-order valence-electron chi connectivity index (χ0n) is 10.6. The van der Waals surface area contributed by atoms with Crippen molar-refractivity contribution in [3.63, 3.8) is 0 Å². The summed E-state index contributed by atoms with van der Waals surface area (Å²) in [6, 6.07) is 7.05. The zero-order valence-corrected chi connectivity index (χ0v) is 10.6. The van der Waals surface area contributed by atoms with Gasteiger partial charge in [0.2, 0.25) is 0 Å². The van der Waals surface area contributed by atoms with Gasteiger partial charge in [-0.05, 0) is 37.1 Å². The first-order chi connectivity index (χ1) is 9.36. The molecule has 0 aliphatic carbocycles. The van der Waals surface area contributed by atoms with Gasteiger partial charge in [0.25, 0.3) is 0 Å². The number of nitrogens with zero attached hydrogens (tertiary/aromatic N) is 3. The number of hydrogen-bond acceptors (Lipinski definition) is 4. The number of aryl methyl sites for hydroxylation is 1. The minimum absolute atomic E-state index is 0.410. The van der Waals surface area contributed by atoms with E-state index in [-0.39, 0.29) is 0 Å². The molecule has 5 nitrogen and oxygen atoms in total. The summed E-state index contributed by atoms with van der Waals surface area (Å²) < 4.78 is 7.82. The summed E-state index contributed by atoms with van der Waals surface area (Å²) in [4.78, 5) is 10.6. The second-order valence-electron chi connectivity index (χ2n) is 4.62. The van der Waals surface area contributed by atoms with Crippen molar-refractivity contribution in [1.29, 1.82) is 0 Å². The molecule has 1 aliphatic heterocycles. The van der Waals surface area contributed by atoms with E-state index in [0.717, 1.165) is 36.7 Å². The monoisotopic (exact) mass is 257 g/mol. The Morgan fingerprint density at radius 1 is 1.21 bits per heavy atom. The normalized spacial score (nSPS) is 13.9. The van der Waals surface area contributed by atoms with Gasteiger partial charge in [0, 0.05) is 18.5 Å². The number of benzene rings is 1. The number of rotatable bonds is 4. The molecule has 0 atom stereocenters. The number of aldehydes is 1. The van der Waals surface area contributed by atoms with Crippen LogP contribution < -0.4 is 4.74 Å². The quantitative estimate of drug-likeness (QED) is 0.786. The summed E-state index contributed by atoms with van der Waals surface area (Å²) in [5, 5.41) is 8.36. The van der Waals surface area contributed by atoms with Crippen molar-refractivity contribution >= 4 is 6.29 Å². The van der Waals surface area contributed by atoms with E-state index in [1.165, 1.54) is 12.8 Å². The van der Waals surface area contributed by atoms with Gasteiger partial charge in [-0.2, -0.15) is 0 Å². The molecule has 0 unspecified atom stereocenters. The smallest absolute Gasteiger partial charge is 0.171 e. The largest absolute Gasteiger partial charge is 0.486 e. The highest BCUT2D eigenvalue weighted by molar-refractivity contribution is 5.74. The second kappa shape index (κ2) is 5.22. The molecule has 1 aliphatic rings. The zero-order chi connectivity index (χ0) is 13.1. The molecule has 0 saturated heterocycles. The van der Waals surface area contributed by atoms with Crippen LogP contribution in [0.2, 0.25) is 0 Å². The highest BCUT2D eigenvalue weighted by atomic mass is 16.5. The number of hydrogen-bond donors (Lipinski definition) is 0. The highest BCUT2D eigenvalue weighted by Crippen LogP contribution is 2.17. The maximum Gasteiger partial charge on any atom is 0.171 e. The number of fused-ring (bicyclic) bond motifs is 1. The van der Waals surface area contributed by atoms with Crippen LogP contribution in [-0.4, -0.2) is 21.1 Å². The van der Waals surface area contributed by atoms with Crippen molar-refractivity contribution in [2.75, 3.05) is 0 Å². The van der Waals surface area contributed by atoms with E-state index in [9.17, 15) is 4.79 Å². The lowest BCUT2D eigenvalue weighted by Crippen LogP contribution is -2.14. The molecular formula is C14H15N3O2. The molecule has 98 valence electrons. The average Bonchev–Trinajstić information content (AvgIpc) is 2.89. The number of ether oxygens (including phenoxy) is 1. The van der Waals surface area contributed by atoms with E-state index in [1.54, 1.807) is 24.3 Å². The first-order valence-corrected chi connectivity index (χ1v) is 6.46. The fraction of sp³-hybridized carbons (Fsp3) is 0.357. The summed E-state index contributed by atoms with van der Waals surface area (Å²) in [5.74, 6) is 2.66. The van der Waals surface area contributed by atoms with Crippen LogP contribution in [-0.2, 0) is 19.6 Å². The predicted molar refractivity (Wildman–Crippen MR) is 69.1 cm³/mol. The fourth-order valence-corrected chi connectivity index (χ4v) is 2.27. The second-order valence-corrected chi connectivity index (χ2v) is 4.62. The molecule has 0 radical (unpaired) electrons. The molecule has 0 N–H and O–H groups in total. The molecule has 1 aromatic heterocycles. The van der Waals surface area contributed by atoms with E-state index < -0.39 is 0 Å². The molecule has 0 saturated carbocycles. The van der Waals surface area contributed by atoms with Crippen LogP contribution in [0.25, 0.3) is 0 Å². The Balaban J connectivity index is 1.68. The van der Waals surface area contributed by atoms with Crippen molar-refractivity contribution in [2.24, 2.45) is 0 Å². The summed E-state index contributed by atoms with van der Waals surface area (Å²) in [5.41, 5.74) is 0.646. The molecule has 1 aromatic carbocycles. The fourth-order valence-electron chi connectivity index (χ4n) is 2.27. The van der Waals surface area contributed by atoms with Crippen LogP contribution in [0.1, 0.15) is 34.8 Å². The lowest BCUT2D eigenvalue weighted by atomic mass is 10.2. The number of carbonyl (C=O) groups excluding carboxylic acids is 1. The SMILES string of the molecule is O=Cc1ccc(OCc2nnc3n2CCCC3)cc1. The summed E-state index contributed by atoms with van der Waals surface area (Å²) in [6.07, 6.45) is 4.18. The molecule has 0 bridgehead atoms. The molecule has 5 heteroatoms. The van der Waals surface area contributed by atoms with Gasteiger partial charge < -0.3 is 9.30 Å². The Kier molecular flexibility index (Phi) is 3.27. The first kappa shape index (κ1) is 11.9. The molecular weight excluding hydrogens is 242 g/mol. The van der Waals surface area contributed by atoms with Crippen LogP contribution in [0, 0.1) is 0 Å². The molecule has 19 heavy (non-hydrogen) atoms. The van der Waals surface area contributed by atoms with Gasteiger partial charge in [0.1, 0.15) is 24.5 Å². The average molecular weight is 257 g/mol. The maximum absolute atomic E-state index is 10.6. The predicted octanol–water partition coefficient (Wildman–Crippen LogP) is 2.01. The number of aromatic nitrogens is 3. The van der Waals surface area contributed by atoms with Gasteiger partial charge >= 0.3 is 0 Å². The van der Waals surface area contributed by atoms with Crippen LogP contribution >= 0.6 is 0 Å². The molecule has 2 heterocycles. The van der Waals surface area contributed by atoms with Crippen molar-refractivity contribution in [3.8, 4) is 5.75 Å². The van der Waals surface area contributed by atoms with Crippen LogP contribution in [0.15, 0.2) is 24.3 Å². The van der Waals surface area contributed by atoms with Crippen molar-refractivity contribution in [2.45, 2.75) is 32.4 Å². The Morgan fingerprint density at radius 3 is 2.84 bits per heavy atom. The standard InChI is InChI=1S/C14H15N3O2/c18-9-11-4-6-12(7-5-11)19-10-14-16-15-13-3-1-2-8-17(13)14/h4-7,9H,1-3,8,10H2. The van der Waals surface area contributed by atoms with Crippen molar-refractivity contribution in [3.05, 3.63) is 41.5 Å². The summed E-state index contributed by atoms with van der Waals surface area (Å²) >= 11 is 0. The molecule has 3 rings (SSSR count). The minimum Gasteiger partial charge on any atom is -0.486 e. The lowest BCUT2D eigenvalue weighted by Gasteiger charge is -2.14. The van der Waals surface area contributed by atoms with Gasteiger partial charge in [-0.1, -0.05) is 0 Å². The van der Waals surface area contributed by atoms with Crippen LogP contribution in [0.4, 0.5) is 0 Å². The Bertz CT molecular complexity index is 575. The van der Waals surface area contributed by atoms with E-state index in [2.05, 4.69) is 14.8 Å². The third-order valence-electron chi connectivity index (χ3n) is 3.32. The summed E-state index contributed by atoms with van der Waals surface area (Å²) in [7, 11) is 0. The Hall–Kier alpha value is -2.17. The molecule has 2 aromatic rings.